The number of amides is 1. The summed E-state index contributed by atoms with van der Waals surface area (Å²) in [6.45, 7) is 2.02. The zero-order valence-electron chi connectivity index (χ0n) is 13.8. The zero-order valence-corrected chi connectivity index (χ0v) is 14.6. The topological polar surface area (TPSA) is 72.9 Å². The number of halogens is 1. The predicted molar refractivity (Wildman–Crippen MR) is 95.6 cm³/mol. The van der Waals surface area contributed by atoms with E-state index < -0.39 is 0 Å². The van der Waals surface area contributed by atoms with E-state index in [-0.39, 0.29) is 18.0 Å². The second-order valence-electron chi connectivity index (χ2n) is 6.34. The van der Waals surface area contributed by atoms with E-state index in [9.17, 15) is 4.79 Å². The van der Waals surface area contributed by atoms with E-state index in [1.807, 2.05) is 31.2 Å². The molecule has 128 valence electrons. The molecule has 1 aromatic heterocycles. The van der Waals surface area contributed by atoms with Crippen molar-refractivity contribution in [1.29, 1.82) is 0 Å². The Morgan fingerprint density at radius 1 is 1.38 bits per heavy atom. The van der Waals surface area contributed by atoms with E-state index in [2.05, 4.69) is 10.4 Å². The van der Waals surface area contributed by atoms with Crippen LogP contribution in [0, 0.1) is 0 Å². The van der Waals surface area contributed by atoms with Crippen LogP contribution in [0.25, 0.3) is 5.69 Å². The lowest BCUT2D eigenvalue weighted by Crippen LogP contribution is -2.40. The number of nitrogens with one attached hydrogen (secondary N) is 1. The van der Waals surface area contributed by atoms with Crippen LogP contribution in [0.5, 0.6) is 0 Å². The van der Waals surface area contributed by atoms with Gasteiger partial charge < -0.3 is 11.1 Å². The molecule has 24 heavy (non-hydrogen) atoms. The molecule has 0 bridgehead atoms. The van der Waals surface area contributed by atoms with Crippen molar-refractivity contribution in [1.82, 2.24) is 15.1 Å². The molecule has 0 atom stereocenters. The first-order valence-electron chi connectivity index (χ1n) is 8.47. The molecule has 0 radical (unpaired) electrons. The van der Waals surface area contributed by atoms with E-state index in [1.165, 1.54) is 0 Å². The summed E-state index contributed by atoms with van der Waals surface area (Å²) in [5, 5.41) is 8.18. The summed E-state index contributed by atoms with van der Waals surface area (Å²) in [5.74, 6) is -0.0550. The van der Waals surface area contributed by atoms with Gasteiger partial charge in [0.25, 0.3) is 5.91 Å². The molecule has 3 N–H and O–H groups in total. The lowest BCUT2D eigenvalue weighted by atomic mass is 9.91. The molecule has 1 heterocycles. The van der Waals surface area contributed by atoms with Crippen molar-refractivity contribution in [2.45, 2.75) is 51.1 Å². The summed E-state index contributed by atoms with van der Waals surface area (Å²) in [6, 6.07) is 7.96. The standard InChI is InChI=1S/C18H23ClN4O/c1-2-17-16(18(24)22-14-8-6-13(20)7-9-14)11-21-23(17)15-5-3-4-12(19)10-15/h3-5,10-11,13-14H,2,6-9,20H2,1H3,(H,22,24). The monoisotopic (exact) mass is 346 g/mol. The first kappa shape index (κ1) is 17.0. The number of aromatic nitrogens is 2. The van der Waals surface area contributed by atoms with Gasteiger partial charge in [0, 0.05) is 17.1 Å². The number of nitrogens with zero attached hydrogens (tertiary/aromatic N) is 2. The van der Waals surface area contributed by atoms with Crippen molar-refractivity contribution in [2.75, 3.05) is 0 Å². The molecular formula is C18H23ClN4O. The summed E-state index contributed by atoms with van der Waals surface area (Å²) < 4.78 is 1.79. The lowest BCUT2D eigenvalue weighted by molar-refractivity contribution is 0.0925. The van der Waals surface area contributed by atoms with Crippen LogP contribution in [0.3, 0.4) is 0 Å². The third-order valence-corrected chi connectivity index (χ3v) is 4.84. The highest BCUT2D eigenvalue weighted by Crippen LogP contribution is 2.21. The largest absolute Gasteiger partial charge is 0.349 e. The fraction of sp³-hybridized carbons (Fsp3) is 0.444. The van der Waals surface area contributed by atoms with E-state index >= 15 is 0 Å². The third kappa shape index (κ3) is 3.62. The maximum atomic E-state index is 12.7. The number of hydrogen-bond donors (Lipinski definition) is 2. The number of benzene rings is 1. The molecule has 1 aliphatic rings. The van der Waals surface area contributed by atoms with Gasteiger partial charge in [0.15, 0.2) is 0 Å². The van der Waals surface area contributed by atoms with Crippen LogP contribution < -0.4 is 11.1 Å². The van der Waals surface area contributed by atoms with Crippen LogP contribution in [0.15, 0.2) is 30.5 Å². The molecule has 5 nitrogen and oxygen atoms in total. The van der Waals surface area contributed by atoms with E-state index in [0.717, 1.165) is 37.1 Å². The Morgan fingerprint density at radius 3 is 2.79 bits per heavy atom. The van der Waals surface area contributed by atoms with Crippen molar-refractivity contribution < 1.29 is 4.79 Å². The Labute approximate surface area is 147 Å². The second-order valence-corrected chi connectivity index (χ2v) is 6.77. The van der Waals surface area contributed by atoms with Gasteiger partial charge in [-0.1, -0.05) is 24.6 Å². The molecule has 1 fully saturated rings. The van der Waals surface area contributed by atoms with Gasteiger partial charge in [-0.3, -0.25) is 4.79 Å². The zero-order chi connectivity index (χ0) is 17.1. The molecule has 6 heteroatoms. The van der Waals surface area contributed by atoms with Crippen LogP contribution in [0.2, 0.25) is 5.02 Å². The lowest BCUT2D eigenvalue weighted by Gasteiger charge is -2.26. The number of nitrogens with two attached hydrogens (primary N) is 1. The second kappa shape index (κ2) is 7.36. The van der Waals surface area contributed by atoms with Crippen molar-refractivity contribution in [2.24, 2.45) is 5.73 Å². The first-order valence-corrected chi connectivity index (χ1v) is 8.85. The molecule has 1 aliphatic carbocycles. The van der Waals surface area contributed by atoms with Gasteiger partial charge in [-0.05, 0) is 50.3 Å². The summed E-state index contributed by atoms with van der Waals surface area (Å²) in [7, 11) is 0. The normalized spacial score (nSPS) is 20.8. The van der Waals surface area contributed by atoms with Gasteiger partial charge >= 0.3 is 0 Å². The van der Waals surface area contributed by atoms with Gasteiger partial charge in [0.1, 0.15) is 0 Å². The summed E-state index contributed by atoms with van der Waals surface area (Å²) >= 11 is 6.07. The number of hydrogen-bond acceptors (Lipinski definition) is 3. The van der Waals surface area contributed by atoms with E-state index in [4.69, 9.17) is 17.3 Å². The van der Waals surface area contributed by atoms with Gasteiger partial charge in [-0.15, -0.1) is 0 Å². The SMILES string of the molecule is CCc1c(C(=O)NC2CCC(N)CC2)cnn1-c1cccc(Cl)c1. The fourth-order valence-electron chi connectivity index (χ4n) is 3.26. The minimum absolute atomic E-state index is 0.0550. The van der Waals surface area contributed by atoms with Crippen molar-refractivity contribution in [3.63, 3.8) is 0 Å². The van der Waals surface area contributed by atoms with Gasteiger partial charge in [-0.2, -0.15) is 5.10 Å². The van der Waals surface area contributed by atoms with Crippen LogP contribution in [-0.2, 0) is 6.42 Å². The smallest absolute Gasteiger partial charge is 0.254 e. The quantitative estimate of drug-likeness (QED) is 0.893. The minimum Gasteiger partial charge on any atom is -0.349 e. The van der Waals surface area contributed by atoms with E-state index in [0.29, 0.717) is 17.0 Å². The van der Waals surface area contributed by atoms with E-state index in [1.54, 1.807) is 10.9 Å². The number of carbonyl (C=O) groups is 1. The van der Waals surface area contributed by atoms with Crippen LogP contribution in [-0.4, -0.2) is 27.8 Å². The van der Waals surface area contributed by atoms with Crippen molar-refractivity contribution in [3.05, 3.63) is 46.7 Å². The maximum Gasteiger partial charge on any atom is 0.254 e. The molecule has 1 aromatic carbocycles. The van der Waals surface area contributed by atoms with Crippen LogP contribution in [0.4, 0.5) is 0 Å². The highest BCUT2D eigenvalue weighted by Gasteiger charge is 2.23. The average molecular weight is 347 g/mol. The van der Waals surface area contributed by atoms with Gasteiger partial charge in [-0.25, -0.2) is 4.68 Å². The average Bonchev–Trinajstić information content (AvgIpc) is 3.01. The van der Waals surface area contributed by atoms with Crippen LogP contribution >= 0.6 is 11.6 Å². The number of carbonyl (C=O) groups excluding carboxylic acids is 1. The summed E-state index contributed by atoms with van der Waals surface area (Å²) in [4.78, 5) is 12.7. The highest BCUT2D eigenvalue weighted by atomic mass is 35.5. The molecule has 0 saturated heterocycles. The third-order valence-electron chi connectivity index (χ3n) is 4.61. The van der Waals surface area contributed by atoms with Gasteiger partial charge in [0.2, 0.25) is 0 Å². The number of rotatable bonds is 4. The minimum atomic E-state index is -0.0550. The Bertz CT molecular complexity index is 720. The Kier molecular flexibility index (Phi) is 5.21. The molecule has 1 amide bonds. The highest BCUT2D eigenvalue weighted by molar-refractivity contribution is 6.30. The summed E-state index contributed by atoms with van der Waals surface area (Å²) in [5.41, 5.74) is 8.31. The molecular weight excluding hydrogens is 324 g/mol. The van der Waals surface area contributed by atoms with Crippen molar-refractivity contribution >= 4 is 17.5 Å². The molecule has 2 aromatic rings. The van der Waals surface area contributed by atoms with Gasteiger partial charge in [0.05, 0.1) is 23.1 Å². The first-order chi connectivity index (χ1) is 11.6. The molecule has 0 unspecified atom stereocenters. The predicted octanol–water partition coefficient (Wildman–Crippen LogP) is 3.09. The van der Waals surface area contributed by atoms with Crippen molar-refractivity contribution in [3.8, 4) is 5.69 Å². The Hall–Kier alpha value is -1.85. The summed E-state index contributed by atoms with van der Waals surface area (Å²) in [6.07, 6.45) is 6.17. The Balaban J connectivity index is 1.80. The fourth-order valence-corrected chi connectivity index (χ4v) is 3.45. The Morgan fingerprint density at radius 2 is 2.12 bits per heavy atom. The molecule has 0 spiro atoms. The van der Waals surface area contributed by atoms with Crippen LogP contribution in [0.1, 0.15) is 48.7 Å². The molecule has 0 aliphatic heterocycles. The molecule has 3 rings (SSSR count). The maximum absolute atomic E-state index is 12.7. The molecule has 1 saturated carbocycles.